The Morgan fingerprint density at radius 3 is 2.40 bits per heavy atom. The number of hydrogen-bond acceptors (Lipinski definition) is 1. The van der Waals surface area contributed by atoms with Gasteiger partial charge in [0.15, 0.2) is 0 Å². The van der Waals surface area contributed by atoms with E-state index in [1.165, 1.54) is 5.56 Å². The Balaban J connectivity index is 2.24. The summed E-state index contributed by atoms with van der Waals surface area (Å²) < 4.78 is 0. The normalized spacial score (nSPS) is 26.2. The van der Waals surface area contributed by atoms with Crippen LogP contribution in [-0.4, -0.2) is 5.78 Å². The highest BCUT2D eigenvalue weighted by molar-refractivity contribution is 5.82. The molecule has 0 heterocycles. The third-order valence-corrected chi connectivity index (χ3v) is 3.51. The molecule has 0 unspecified atom stereocenters. The maximum Gasteiger partial charge on any atom is 0.133 e. The van der Waals surface area contributed by atoms with E-state index in [1.807, 2.05) is 6.07 Å². The lowest BCUT2D eigenvalue weighted by atomic mass is 9.82. The first kappa shape index (κ1) is 10.4. The Bertz CT molecular complexity index is 340. The van der Waals surface area contributed by atoms with Crippen LogP contribution in [0.3, 0.4) is 0 Å². The number of carbonyl (C=O) groups is 1. The highest BCUT2D eigenvalue weighted by atomic mass is 16.1. The molecule has 1 aromatic carbocycles. The molecule has 1 aromatic rings. The molecule has 1 heteroatoms. The minimum absolute atomic E-state index is 0.433. The van der Waals surface area contributed by atoms with E-state index in [4.69, 9.17) is 0 Å². The minimum Gasteiger partial charge on any atom is -0.300 e. The van der Waals surface area contributed by atoms with Gasteiger partial charge in [-0.15, -0.1) is 0 Å². The number of Topliss-reactive ketones (excluding diaryl/α,β-unsaturated/α-hetero) is 1. The van der Waals surface area contributed by atoms with Crippen LogP contribution < -0.4 is 0 Å². The maximum absolute atomic E-state index is 11.5. The van der Waals surface area contributed by atoms with Crippen LogP contribution in [-0.2, 0) is 4.79 Å². The van der Waals surface area contributed by atoms with Gasteiger partial charge in [0, 0.05) is 12.8 Å². The van der Waals surface area contributed by atoms with Crippen molar-refractivity contribution < 1.29 is 4.79 Å². The molecule has 1 aliphatic carbocycles. The second-order valence-electron chi connectivity index (χ2n) is 4.87. The van der Waals surface area contributed by atoms with Crippen molar-refractivity contribution in [2.75, 3.05) is 0 Å². The quantitative estimate of drug-likeness (QED) is 0.718. The van der Waals surface area contributed by atoms with E-state index in [0.29, 0.717) is 23.5 Å². The Labute approximate surface area is 91.5 Å². The van der Waals surface area contributed by atoms with Gasteiger partial charge < -0.3 is 0 Å². The summed E-state index contributed by atoms with van der Waals surface area (Å²) in [6.07, 6.45) is 1.52. The van der Waals surface area contributed by atoms with Gasteiger partial charge >= 0.3 is 0 Å². The van der Waals surface area contributed by atoms with E-state index in [-0.39, 0.29) is 0 Å². The van der Waals surface area contributed by atoms with E-state index >= 15 is 0 Å². The van der Waals surface area contributed by atoms with Gasteiger partial charge in [-0.3, -0.25) is 4.79 Å². The molecule has 0 spiro atoms. The van der Waals surface area contributed by atoms with Gasteiger partial charge in [0.1, 0.15) is 5.78 Å². The first-order valence-electron chi connectivity index (χ1n) is 5.75. The Morgan fingerprint density at radius 2 is 1.80 bits per heavy atom. The molecule has 0 saturated heterocycles. The molecule has 2 atom stereocenters. The molecule has 1 nitrogen and oxygen atoms in total. The molecule has 0 radical (unpaired) electrons. The molecule has 15 heavy (non-hydrogen) atoms. The zero-order valence-electron chi connectivity index (χ0n) is 9.44. The fourth-order valence-corrected chi connectivity index (χ4v) is 2.65. The first-order chi connectivity index (χ1) is 7.18. The van der Waals surface area contributed by atoms with Crippen LogP contribution in [0.1, 0.15) is 38.2 Å². The second kappa shape index (κ2) is 4.18. The summed E-state index contributed by atoms with van der Waals surface area (Å²) in [5.41, 5.74) is 1.34. The number of hydrogen-bond donors (Lipinski definition) is 0. The fourth-order valence-electron chi connectivity index (χ4n) is 2.65. The van der Waals surface area contributed by atoms with Gasteiger partial charge in [-0.25, -0.2) is 0 Å². The summed E-state index contributed by atoms with van der Waals surface area (Å²) in [4.78, 5) is 11.5. The number of benzene rings is 1. The monoisotopic (exact) mass is 202 g/mol. The summed E-state index contributed by atoms with van der Waals surface area (Å²) in [6.45, 7) is 4.44. The smallest absolute Gasteiger partial charge is 0.133 e. The van der Waals surface area contributed by atoms with Crippen molar-refractivity contribution in [3.63, 3.8) is 0 Å². The van der Waals surface area contributed by atoms with Gasteiger partial charge in [-0.2, -0.15) is 0 Å². The maximum atomic E-state index is 11.5. The van der Waals surface area contributed by atoms with Crippen molar-refractivity contribution in [1.82, 2.24) is 0 Å². The molecular formula is C14H18O. The summed E-state index contributed by atoms with van der Waals surface area (Å²) in [5.74, 6) is 2.03. The van der Waals surface area contributed by atoms with Gasteiger partial charge in [-0.1, -0.05) is 44.2 Å². The topological polar surface area (TPSA) is 17.1 Å². The fraction of sp³-hybridized carbons (Fsp3) is 0.500. The molecule has 0 aromatic heterocycles. The zero-order valence-corrected chi connectivity index (χ0v) is 9.44. The summed E-state index contributed by atoms with van der Waals surface area (Å²) in [5, 5.41) is 0. The van der Waals surface area contributed by atoms with Gasteiger partial charge in [0.2, 0.25) is 0 Å². The molecule has 80 valence electrons. The van der Waals surface area contributed by atoms with Crippen molar-refractivity contribution in [2.45, 2.75) is 32.6 Å². The highest BCUT2D eigenvalue weighted by Gasteiger charge is 2.35. The molecule has 1 fully saturated rings. The van der Waals surface area contributed by atoms with Crippen molar-refractivity contribution in [1.29, 1.82) is 0 Å². The molecule has 0 aliphatic heterocycles. The lowest BCUT2D eigenvalue weighted by molar-refractivity contribution is -0.117. The minimum atomic E-state index is 0.433. The van der Waals surface area contributed by atoms with Crippen LogP contribution in [0, 0.1) is 11.8 Å². The van der Waals surface area contributed by atoms with Crippen molar-refractivity contribution >= 4 is 5.78 Å². The average Bonchev–Trinajstić information content (AvgIpc) is 2.62. The zero-order chi connectivity index (χ0) is 10.8. The van der Waals surface area contributed by atoms with Crippen LogP contribution in [0.15, 0.2) is 30.3 Å². The number of carbonyl (C=O) groups excluding carboxylic acids is 1. The molecule has 1 saturated carbocycles. The molecule has 1 aliphatic rings. The number of ketones is 1. The summed E-state index contributed by atoms with van der Waals surface area (Å²) >= 11 is 0. The van der Waals surface area contributed by atoms with Crippen molar-refractivity contribution in [2.24, 2.45) is 11.8 Å². The standard InChI is InChI=1S/C14H18O/c1-10(2)13-8-12(15)9-14(13)11-6-4-3-5-7-11/h3-7,10,13-14H,8-9H2,1-2H3/t13-,14+/m0/s1. The SMILES string of the molecule is CC(C)[C@@H]1CC(=O)C[C@@H]1c1ccccc1. The lowest BCUT2D eigenvalue weighted by Crippen LogP contribution is -2.12. The predicted octanol–water partition coefficient (Wildman–Crippen LogP) is 3.41. The molecule has 2 rings (SSSR count). The van der Waals surface area contributed by atoms with E-state index < -0.39 is 0 Å². The summed E-state index contributed by atoms with van der Waals surface area (Å²) in [7, 11) is 0. The largest absolute Gasteiger partial charge is 0.300 e. The van der Waals surface area contributed by atoms with E-state index in [1.54, 1.807) is 0 Å². The predicted molar refractivity (Wildman–Crippen MR) is 61.8 cm³/mol. The molecular weight excluding hydrogens is 184 g/mol. The highest BCUT2D eigenvalue weighted by Crippen LogP contribution is 2.41. The van der Waals surface area contributed by atoms with Crippen molar-refractivity contribution in [3.8, 4) is 0 Å². The van der Waals surface area contributed by atoms with E-state index in [2.05, 4.69) is 38.1 Å². The van der Waals surface area contributed by atoms with Gasteiger partial charge in [0.05, 0.1) is 0 Å². The van der Waals surface area contributed by atoms with E-state index in [9.17, 15) is 4.79 Å². The van der Waals surface area contributed by atoms with Crippen LogP contribution in [0.25, 0.3) is 0 Å². The van der Waals surface area contributed by atoms with Crippen LogP contribution in [0.5, 0.6) is 0 Å². The Morgan fingerprint density at radius 1 is 1.13 bits per heavy atom. The van der Waals surface area contributed by atoms with E-state index in [0.717, 1.165) is 12.8 Å². The van der Waals surface area contributed by atoms with Gasteiger partial charge in [0.25, 0.3) is 0 Å². The second-order valence-corrected chi connectivity index (χ2v) is 4.87. The summed E-state index contributed by atoms with van der Waals surface area (Å²) in [6, 6.07) is 10.5. The molecule has 0 amide bonds. The van der Waals surface area contributed by atoms with Crippen LogP contribution in [0.2, 0.25) is 0 Å². The third-order valence-electron chi connectivity index (χ3n) is 3.51. The lowest BCUT2D eigenvalue weighted by Gasteiger charge is -2.22. The Hall–Kier alpha value is -1.11. The molecule has 0 bridgehead atoms. The number of rotatable bonds is 2. The third kappa shape index (κ3) is 2.11. The average molecular weight is 202 g/mol. The molecule has 0 N–H and O–H groups in total. The van der Waals surface area contributed by atoms with Gasteiger partial charge in [-0.05, 0) is 23.3 Å². The van der Waals surface area contributed by atoms with Crippen molar-refractivity contribution in [3.05, 3.63) is 35.9 Å². The van der Waals surface area contributed by atoms with Crippen LogP contribution in [0.4, 0.5) is 0 Å². The first-order valence-corrected chi connectivity index (χ1v) is 5.75. The Kier molecular flexibility index (Phi) is 2.90. The van der Waals surface area contributed by atoms with Crippen LogP contribution >= 0.6 is 0 Å².